The highest BCUT2D eigenvalue weighted by Crippen LogP contribution is 2.57. The number of carbonyl (C=O) groups is 1. The number of aliphatic hydroxyl groups is 1. The maximum atomic E-state index is 12.0. The molecule has 1 aliphatic carbocycles. The molecule has 4 heteroatoms. The monoisotopic (exact) mass is 317 g/mol. The highest BCUT2D eigenvalue weighted by atomic mass is 16.6. The number of benzene rings is 1. The molecule has 3 rings (SSSR count). The average Bonchev–Trinajstić information content (AvgIpc) is 2.34. The largest absolute Gasteiger partial charge is 0.444 e. The average molecular weight is 317 g/mol. The fourth-order valence-corrected chi connectivity index (χ4v) is 3.87. The van der Waals surface area contributed by atoms with Crippen molar-refractivity contribution in [2.45, 2.75) is 51.7 Å². The van der Waals surface area contributed by atoms with E-state index < -0.39 is 11.2 Å². The van der Waals surface area contributed by atoms with Crippen molar-refractivity contribution in [1.82, 2.24) is 4.90 Å². The fourth-order valence-electron chi connectivity index (χ4n) is 3.87. The van der Waals surface area contributed by atoms with Gasteiger partial charge in [-0.3, -0.25) is 0 Å². The zero-order valence-electron chi connectivity index (χ0n) is 14.5. The van der Waals surface area contributed by atoms with E-state index in [1.165, 1.54) is 0 Å². The van der Waals surface area contributed by atoms with Crippen LogP contribution in [0.25, 0.3) is 0 Å². The summed E-state index contributed by atoms with van der Waals surface area (Å²) in [5.41, 5.74) is -0.0683. The van der Waals surface area contributed by atoms with E-state index >= 15 is 0 Å². The molecule has 0 aromatic heterocycles. The second kappa shape index (κ2) is 5.23. The smallest absolute Gasteiger partial charge is 0.410 e. The van der Waals surface area contributed by atoms with E-state index in [2.05, 4.69) is 0 Å². The Morgan fingerprint density at radius 1 is 1.17 bits per heavy atom. The maximum Gasteiger partial charge on any atom is 0.410 e. The van der Waals surface area contributed by atoms with Crippen LogP contribution >= 0.6 is 0 Å². The predicted molar refractivity (Wildman–Crippen MR) is 89.0 cm³/mol. The third-order valence-electron chi connectivity index (χ3n) is 5.22. The van der Waals surface area contributed by atoms with E-state index in [0.29, 0.717) is 0 Å². The van der Waals surface area contributed by atoms with Gasteiger partial charge in [0.1, 0.15) is 5.60 Å². The number of hydrogen-bond acceptors (Lipinski definition) is 3. The Kier molecular flexibility index (Phi) is 3.71. The van der Waals surface area contributed by atoms with Gasteiger partial charge >= 0.3 is 6.09 Å². The van der Waals surface area contributed by atoms with Gasteiger partial charge in [0, 0.05) is 18.5 Å². The number of likely N-dealkylation sites (tertiary alicyclic amines) is 1. The maximum absolute atomic E-state index is 12.0. The molecule has 1 N–H and O–H groups in total. The standard InChI is InChI=1S/C19H27NO3/c1-17(2,3)23-16(21)20-12-19(13-20)10-15(11-19)18(4,22)14-8-6-5-7-9-14/h5-9,15,22H,10-13H2,1-4H3. The van der Waals surface area contributed by atoms with Crippen LogP contribution in [0.3, 0.4) is 0 Å². The Balaban J connectivity index is 1.54. The van der Waals surface area contributed by atoms with Gasteiger partial charge in [-0.25, -0.2) is 4.79 Å². The van der Waals surface area contributed by atoms with Crippen molar-refractivity contribution in [2.75, 3.05) is 13.1 Å². The Labute approximate surface area is 138 Å². The minimum absolute atomic E-state index is 0.195. The minimum atomic E-state index is -0.793. The quantitative estimate of drug-likeness (QED) is 0.907. The molecule has 1 heterocycles. The first-order valence-corrected chi connectivity index (χ1v) is 8.37. The second-order valence-electron chi connectivity index (χ2n) is 8.46. The highest BCUT2D eigenvalue weighted by molar-refractivity contribution is 5.69. The zero-order valence-corrected chi connectivity index (χ0v) is 14.5. The summed E-state index contributed by atoms with van der Waals surface area (Å²) in [5.74, 6) is 0.255. The van der Waals surface area contributed by atoms with Gasteiger partial charge in [0.05, 0.1) is 5.60 Å². The summed E-state index contributed by atoms with van der Waals surface area (Å²) in [6, 6.07) is 9.86. The van der Waals surface area contributed by atoms with Crippen LogP contribution in [0.4, 0.5) is 4.79 Å². The van der Waals surface area contributed by atoms with Gasteiger partial charge < -0.3 is 14.7 Å². The number of carbonyl (C=O) groups excluding carboxylic acids is 1. The van der Waals surface area contributed by atoms with Gasteiger partial charge in [-0.2, -0.15) is 0 Å². The lowest BCUT2D eigenvalue weighted by atomic mass is 9.53. The Morgan fingerprint density at radius 2 is 1.74 bits per heavy atom. The molecule has 1 unspecified atom stereocenters. The summed E-state index contributed by atoms with van der Waals surface area (Å²) < 4.78 is 5.40. The lowest BCUT2D eigenvalue weighted by Gasteiger charge is -2.61. The molecule has 1 aromatic carbocycles. The first-order chi connectivity index (χ1) is 10.6. The topological polar surface area (TPSA) is 49.8 Å². The molecule has 2 aliphatic rings. The van der Waals surface area contributed by atoms with E-state index in [9.17, 15) is 9.90 Å². The molecule has 1 spiro atoms. The summed E-state index contributed by atoms with van der Waals surface area (Å²) >= 11 is 0. The van der Waals surface area contributed by atoms with Gasteiger partial charge in [-0.15, -0.1) is 0 Å². The summed E-state index contributed by atoms with van der Waals surface area (Å²) in [7, 11) is 0. The molecule has 1 aromatic rings. The van der Waals surface area contributed by atoms with Crippen molar-refractivity contribution in [3.8, 4) is 0 Å². The molecule has 1 saturated heterocycles. The molecule has 0 radical (unpaired) electrons. The molecule has 4 nitrogen and oxygen atoms in total. The third kappa shape index (κ3) is 3.09. The van der Waals surface area contributed by atoms with Crippen LogP contribution < -0.4 is 0 Å². The predicted octanol–water partition coefficient (Wildman–Crippen LogP) is 3.54. The summed E-state index contributed by atoms with van der Waals surface area (Å²) in [4.78, 5) is 13.8. The molecular formula is C19H27NO3. The molecule has 1 saturated carbocycles. The van der Waals surface area contributed by atoms with Gasteiger partial charge in [-0.05, 0) is 52.0 Å². The molecule has 0 bridgehead atoms. The van der Waals surface area contributed by atoms with Gasteiger partial charge in [-0.1, -0.05) is 30.3 Å². The lowest BCUT2D eigenvalue weighted by molar-refractivity contribution is -0.155. The van der Waals surface area contributed by atoms with Crippen LogP contribution in [-0.4, -0.2) is 34.8 Å². The molecule has 1 aliphatic heterocycles. The van der Waals surface area contributed by atoms with Crippen LogP contribution in [0, 0.1) is 11.3 Å². The fraction of sp³-hybridized carbons (Fsp3) is 0.632. The molecule has 126 valence electrons. The van der Waals surface area contributed by atoms with E-state index in [0.717, 1.165) is 31.5 Å². The van der Waals surface area contributed by atoms with E-state index in [1.807, 2.05) is 58.0 Å². The number of amides is 1. The zero-order chi connectivity index (χ0) is 16.9. The van der Waals surface area contributed by atoms with E-state index in [-0.39, 0.29) is 17.4 Å². The summed E-state index contributed by atoms with van der Waals surface area (Å²) in [6.45, 7) is 9.07. The third-order valence-corrected chi connectivity index (χ3v) is 5.22. The van der Waals surface area contributed by atoms with E-state index in [1.54, 1.807) is 4.90 Å². The van der Waals surface area contributed by atoms with Crippen LogP contribution in [0.2, 0.25) is 0 Å². The molecule has 1 amide bonds. The van der Waals surface area contributed by atoms with Gasteiger partial charge in [0.25, 0.3) is 0 Å². The first-order valence-electron chi connectivity index (χ1n) is 8.37. The molecular weight excluding hydrogens is 290 g/mol. The number of rotatable bonds is 2. The van der Waals surface area contributed by atoms with E-state index in [4.69, 9.17) is 4.74 Å². The van der Waals surface area contributed by atoms with Crippen molar-refractivity contribution in [3.05, 3.63) is 35.9 Å². The normalized spacial score (nSPS) is 22.9. The lowest BCUT2D eigenvalue weighted by Crippen LogP contribution is -2.66. The number of hydrogen-bond donors (Lipinski definition) is 1. The number of ether oxygens (including phenoxy) is 1. The SMILES string of the molecule is CC(C)(C)OC(=O)N1CC2(CC(C(C)(O)c3ccccc3)C2)C1. The van der Waals surface area contributed by atoms with Crippen LogP contribution in [-0.2, 0) is 10.3 Å². The Bertz CT molecular complexity index is 574. The van der Waals surface area contributed by atoms with Crippen molar-refractivity contribution < 1.29 is 14.6 Å². The van der Waals surface area contributed by atoms with Crippen LogP contribution in [0.1, 0.15) is 46.1 Å². The van der Waals surface area contributed by atoms with Crippen molar-refractivity contribution in [2.24, 2.45) is 11.3 Å². The van der Waals surface area contributed by atoms with Crippen molar-refractivity contribution in [1.29, 1.82) is 0 Å². The second-order valence-corrected chi connectivity index (χ2v) is 8.46. The van der Waals surface area contributed by atoms with Crippen molar-refractivity contribution in [3.63, 3.8) is 0 Å². The number of nitrogens with zero attached hydrogens (tertiary/aromatic N) is 1. The minimum Gasteiger partial charge on any atom is -0.444 e. The summed E-state index contributed by atoms with van der Waals surface area (Å²) in [5, 5.41) is 10.9. The van der Waals surface area contributed by atoms with Crippen LogP contribution in [0.15, 0.2) is 30.3 Å². The molecule has 2 fully saturated rings. The Morgan fingerprint density at radius 3 is 2.26 bits per heavy atom. The molecule has 23 heavy (non-hydrogen) atoms. The first kappa shape index (κ1) is 16.3. The van der Waals surface area contributed by atoms with Crippen molar-refractivity contribution >= 4 is 6.09 Å². The summed E-state index contributed by atoms with van der Waals surface area (Å²) in [6.07, 6.45) is 1.71. The molecule has 1 atom stereocenters. The van der Waals surface area contributed by atoms with Gasteiger partial charge in [0.2, 0.25) is 0 Å². The highest BCUT2D eigenvalue weighted by Gasteiger charge is 2.58. The van der Waals surface area contributed by atoms with Gasteiger partial charge in [0.15, 0.2) is 0 Å². The van der Waals surface area contributed by atoms with Crippen LogP contribution in [0.5, 0.6) is 0 Å². The Hall–Kier alpha value is -1.55.